The third-order valence-corrected chi connectivity index (χ3v) is 3.86. The Bertz CT molecular complexity index is 557. The number of nitrogens with one attached hydrogen (secondary N) is 1. The molecular formula is C18H22BrN. The third kappa shape index (κ3) is 4.68. The van der Waals surface area contributed by atoms with Crippen LogP contribution in [-0.4, -0.2) is 6.04 Å². The molecule has 2 aromatic rings. The summed E-state index contributed by atoms with van der Waals surface area (Å²) in [5.41, 5.74) is 5.22. The highest BCUT2D eigenvalue weighted by Crippen LogP contribution is 2.20. The molecule has 0 aromatic heterocycles. The highest BCUT2D eigenvalue weighted by Gasteiger charge is 2.04. The molecule has 106 valence electrons. The maximum atomic E-state index is 3.58. The van der Waals surface area contributed by atoms with Crippen molar-refractivity contribution < 1.29 is 0 Å². The van der Waals surface area contributed by atoms with E-state index in [4.69, 9.17) is 0 Å². The molecule has 0 saturated carbocycles. The van der Waals surface area contributed by atoms with Crippen LogP contribution in [0.1, 0.15) is 30.0 Å². The molecule has 1 nitrogen and oxygen atoms in total. The Labute approximate surface area is 130 Å². The van der Waals surface area contributed by atoms with Gasteiger partial charge < -0.3 is 5.32 Å². The maximum Gasteiger partial charge on any atom is 0.0356 e. The fourth-order valence-corrected chi connectivity index (χ4v) is 3.03. The van der Waals surface area contributed by atoms with Gasteiger partial charge in [-0.1, -0.05) is 45.8 Å². The Morgan fingerprint density at radius 3 is 2.55 bits per heavy atom. The van der Waals surface area contributed by atoms with Crippen molar-refractivity contribution in [2.75, 3.05) is 5.32 Å². The van der Waals surface area contributed by atoms with E-state index in [1.54, 1.807) is 0 Å². The lowest BCUT2D eigenvalue weighted by atomic mass is 10.0. The molecule has 0 bridgehead atoms. The quantitative estimate of drug-likeness (QED) is 0.762. The molecule has 0 aliphatic rings. The molecule has 0 saturated heterocycles. The molecule has 0 heterocycles. The Morgan fingerprint density at radius 2 is 1.85 bits per heavy atom. The minimum Gasteiger partial charge on any atom is -0.383 e. The minimum atomic E-state index is 0.462. The van der Waals surface area contributed by atoms with Gasteiger partial charge in [0, 0.05) is 16.2 Å². The second-order valence-electron chi connectivity index (χ2n) is 5.59. The summed E-state index contributed by atoms with van der Waals surface area (Å²) in [5.74, 6) is 0. The van der Waals surface area contributed by atoms with Crippen molar-refractivity contribution in [2.24, 2.45) is 0 Å². The molecule has 0 aliphatic carbocycles. The molecule has 2 rings (SSSR count). The summed E-state index contributed by atoms with van der Waals surface area (Å²) in [7, 11) is 0. The Kier molecular flexibility index (Phi) is 5.24. The van der Waals surface area contributed by atoms with Gasteiger partial charge in [-0.25, -0.2) is 0 Å². The van der Waals surface area contributed by atoms with Crippen LogP contribution < -0.4 is 5.32 Å². The van der Waals surface area contributed by atoms with Crippen LogP contribution in [0.5, 0.6) is 0 Å². The predicted octanol–water partition coefficient (Wildman–Crippen LogP) is 5.50. The van der Waals surface area contributed by atoms with Gasteiger partial charge in [-0.2, -0.15) is 0 Å². The van der Waals surface area contributed by atoms with Crippen LogP contribution in [0.3, 0.4) is 0 Å². The maximum absolute atomic E-state index is 3.58. The Morgan fingerprint density at radius 1 is 1.05 bits per heavy atom. The van der Waals surface area contributed by atoms with E-state index in [1.165, 1.54) is 22.4 Å². The first-order valence-electron chi connectivity index (χ1n) is 7.12. The van der Waals surface area contributed by atoms with Crippen LogP contribution >= 0.6 is 15.9 Å². The molecule has 0 aliphatic heterocycles. The van der Waals surface area contributed by atoms with Gasteiger partial charge in [0.2, 0.25) is 0 Å². The first-order chi connectivity index (χ1) is 9.52. The number of hydrogen-bond donors (Lipinski definition) is 1. The molecule has 0 amide bonds. The first kappa shape index (κ1) is 15.1. The zero-order valence-electron chi connectivity index (χ0n) is 12.4. The second kappa shape index (κ2) is 6.94. The van der Waals surface area contributed by atoms with Crippen molar-refractivity contribution >= 4 is 21.6 Å². The Balaban J connectivity index is 1.90. The number of halogens is 1. The molecule has 2 heteroatoms. The van der Waals surface area contributed by atoms with Crippen LogP contribution in [0.25, 0.3) is 0 Å². The fourth-order valence-electron chi connectivity index (χ4n) is 2.43. The van der Waals surface area contributed by atoms with Crippen molar-refractivity contribution in [3.63, 3.8) is 0 Å². The number of hydrogen-bond acceptors (Lipinski definition) is 1. The molecular weight excluding hydrogens is 310 g/mol. The van der Waals surface area contributed by atoms with E-state index in [2.05, 4.69) is 84.5 Å². The fraction of sp³-hybridized carbons (Fsp3) is 0.333. The van der Waals surface area contributed by atoms with Gasteiger partial charge in [-0.3, -0.25) is 0 Å². The predicted molar refractivity (Wildman–Crippen MR) is 91.5 cm³/mol. The average Bonchev–Trinajstić information content (AvgIpc) is 2.35. The van der Waals surface area contributed by atoms with E-state index in [9.17, 15) is 0 Å². The van der Waals surface area contributed by atoms with Gasteiger partial charge in [0.1, 0.15) is 0 Å². The normalized spacial score (nSPS) is 12.2. The smallest absolute Gasteiger partial charge is 0.0356 e. The molecule has 0 spiro atoms. The van der Waals surface area contributed by atoms with Gasteiger partial charge in [-0.05, 0) is 62.9 Å². The van der Waals surface area contributed by atoms with Gasteiger partial charge in [0.25, 0.3) is 0 Å². The molecule has 20 heavy (non-hydrogen) atoms. The second-order valence-corrected chi connectivity index (χ2v) is 6.51. The van der Waals surface area contributed by atoms with Crippen molar-refractivity contribution in [1.82, 2.24) is 0 Å². The van der Waals surface area contributed by atoms with Crippen LogP contribution in [0, 0.1) is 13.8 Å². The van der Waals surface area contributed by atoms with E-state index >= 15 is 0 Å². The summed E-state index contributed by atoms with van der Waals surface area (Å²) in [6, 6.07) is 15.7. The standard InChI is InChI=1S/C18H22BrN/c1-13-5-4-6-16(9-13)8-7-15(3)20-18-11-14(2)10-17(19)12-18/h4-6,9-12,15,20H,7-8H2,1-3H3. The van der Waals surface area contributed by atoms with Crippen molar-refractivity contribution in [3.8, 4) is 0 Å². The van der Waals surface area contributed by atoms with Crippen LogP contribution in [0.2, 0.25) is 0 Å². The summed E-state index contributed by atoms with van der Waals surface area (Å²) in [6.07, 6.45) is 2.25. The number of aryl methyl sites for hydroxylation is 3. The zero-order chi connectivity index (χ0) is 14.5. The highest BCUT2D eigenvalue weighted by molar-refractivity contribution is 9.10. The Hall–Kier alpha value is -1.28. The van der Waals surface area contributed by atoms with Crippen molar-refractivity contribution in [3.05, 3.63) is 63.6 Å². The van der Waals surface area contributed by atoms with Crippen LogP contribution in [-0.2, 0) is 6.42 Å². The molecule has 0 radical (unpaired) electrons. The summed E-state index contributed by atoms with van der Waals surface area (Å²) in [4.78, 5) is 0. The number of rotatable bonds is 5. The SMILES string of the molecule is Cc1cccc(CCC(C)Nc2cc(C)cc(Br)c2)c1. The molecule has 1 N–H and O–H groups in total. The number of benzene rings is 2. The monoisotopic (exact) mass is 331 g/mol. The summed E-state index contributed by atoms with van der Waals surface area (Å²) >= 11 is 3.55. The lowest BCUT2D eigenvalue weighted by Gasteiger charge is -2.16. The van der Waals surface area contributed by atoms with Gasteiger partial charge in [0.05, 0.1) is 0 Å². The average molecular weight is 332 g/mol. The third-order valence-electron chi connectivity index (χ3n) is 3.40. The molecule has 1 atom stereocenters. The topological polar surface area (TPSA) is 12.0 Å². The van der Waals surface area contributed by atoms with Crippen molar-refractivity contribution in [2.45, 2.75) is 39.7 Å². The van der Waals surface area contributed by atoms with Gasteiger partial charge in [-0.15, -0.1) is 0 Å². The number of anilines is 1. The van der Waals surface area contributed by atoms with Gasteiger partial charge >= 0.3 is 0 Å². The first-order valence-corrected chi connectivity index (χ1v) is 7.91. The summed E-state index contributed by atoms with van der Waals surface area (Å²) in [5, 5.41) is 3.58. The van der Waals surface area contributed by atoms with Gasteiger partial charge in [0.15, 0.2) is 0 Å². The van der Waals surface area contributed by atoms with Crippen LogP contribution in [0.15, 0.2) is 46.9 Å². The highest BCUT2D eigenvalue weighted by atomic mass is 79.9. The van der Waals surface area contributed by atoms with Crippen LogP contribution in [0.4, 0.5) is 5.69 Å². The van der Waals surface area contributed by atoms with E-state index in [0.717, 1.165) is 17.3 Å². The summed E-state index contributed by atoms with van der Waals surface area (Å²) < 4.78 is 1.13. The van der Waals surface area contributed by atoms with E-state index in [-0.39, 0.29) is 0 Å². The largest absolute Gasteiger partial charge is 0.383 e. The lowest BCUT2D eigenvalue weighted by Crippen LogP contribution is -2.16. The molecule has 2 aromatic carbocycles. The lowest BCUT2D eigenvalue weighted by molar-refractivity contribution is 0.706. The molecule has 0 fully saturated rings. The van der Waals surface area contributed by atoms with E-state index in [1.807, 2.05) is 0 Å². The zero-order valence-corrected chi connectivity index (χ0v) is 14.0. The minimum absolute atomic E-state index is 0.462. The van der Waals surface area contributed by atoms with E-state index in [0.29, 0.717) is 6.04 Å². The van der Waals surface area contributed by atoms with E-state index < -0.39 is 0 Å². The molecule has 1 unspecified atom stereocenters. The summed E-state index contributed by atoms with van der Waals surface area (Å²) in [6.45, 7) is 6.51. The van der Waals surface area contributed by atoms with Crippen molar-refractivity contribution in [1.29, 1.82) is 0 Å².